The average Bonchev–Trinajstić information content (AvgIpc) is 2.41. The molecule has 3 nitrogen and oxygen atoms in total. The van der Waals surface area contributed by atoms with Crippen LogP contribution in [0.15, 0.2) is 30.3 Å². The molecule has 1 fully saturated rings. The Bertz CT molecular complexity index is 461. The molecule has 1 amide bonds. The van der Waals surface area contributed by atoms with Gasteiger partial charge in [-0.25, -0.2) is 0 Å². The molecular weight excluding hydrogens is 313 g/mol. The van der Waals surface area contributed by atoms with Crippen molar-refractivity contribution < 1.29 is 9.90 Å². The summed E-state index contributed by atoms with van der Waals surface area (Å²) in [5, 5.41) is 9.15. The van der Waals surface area contributed by atoms with Gasteiger partial charge in [-0.05, 0) is 0 Å². The molecule has 110 valence electrons. The molecule has 1 N–H and O–H groups in total. The first-order valence-corrected chi connectivity index (χ1v) is 9.61. The standard InChI is InChI=1S/C16H24AsNO2/c1-12(13-7-5-4-6-8-13)17-14-9-10-18(15(19)20)11-16(14,2)3/h4-8,12,14,17H,9-11H2,1-3H3,(H,19,20). The molecule has 1 aromatic carbocycles. The van der Waals surface area contributed by atoms with Gasteiger partial charge in [0.1, 0.15) is 0 Å². The first-order valence-electron chi connectivity index (χ1n) is 7.19. The molecule has 1 aromatic rings. The molecule has 20 heavy (non-hydrogen) atoms. The second kappa shape index (κ2) is 6.22. The van der Waals surface area contributed by atoms with Crippen molar-refractivity contribution >= 4 is 21.8 Å². The van der Waals surface area contributed by atoms with Crippen molar-refractivity contribution in [2.75, 3.05) is 13.1 Å². The van der Waals surface area contributed by atoms with Gasteiger partial charge in [-0.3, -0.25) is 0 Å². The third-order valence-corrected chi connectivity index (χ3v) is 9.09. The molecule has 0 spiro atoms. The fourth-order valence-electron chi connectivity index (χ4n) is 2.97. The zero-order chi connectivity index (χ0) is 14.8. The number of amides is 1. The van der Waals surface area contributed by atoms with Crippen molar-refractivity contribution in [3.63, 3.8) is 0 Å². The quantitative estimate of drug-likeness (QED) is 0.859. The van der Waals surface area contributed by atoms with Crippen LogP contribution in [0.3, 0.4) is 0 Å². The minimum absolute atomic E-state index is 0.111. The van der Waals surface area contributed by atoms with Gasteiger partial charge in [0.05, 0.1) is 0 Å². The number of likely N-dealkylation sites (tertiary alicyclic amines) is 1. The maximum absolute atomic E-state index is 11.1. The van der Waals surface area contributed by atoms with Crippen LogP contribution in [0.25, 0.3) is 0 Å². The number of carboxylic acid groups (broad SMARTS) is 1. The van der Waals surface area contributed by atoms with Gasteiger partial charge < -0.3 is 0 Å². The molecule has 3 atom stereocenters. The van der Waals surface area contributed by atoms with Crippen molar-refractivity contribution in [1.82, 2.24) is 4.90 Å². The summed E-state index contributed by atoms with van der Waals surface area (Å²) in [6.45, 7) is 8.17. The molecule has 2 rings (SSSR count). The Kier molecular flexibility index (Phi) is 4.80. The summed E-state index contributed by atoms with van der Waals surface area (Å²) >= 11 is -0.138. The van der Waals surface area contributed by atoms with Gasteiger partial charge in [-0.15, -0.1) is 0 Å². The van der Waals surface area contributed by atoms with Gasteiger partial charge >= 0.3 is 128 Å². The number of nitrogens with zero attached hydrogens (tertiary/aromatic N) is 1. The van der Waals surface area contributed by atoms with Crippen LogP contribution < -0.4 is 0 Å². The first kappa shape index (κ1) is 15.4. The fraction of sp³-hybridized carbons (Fsp3) is 0.562. The van der Waals surface area contributed by atoms with E-state index in [1.807, 2.05) is 0 Å². The summed E-state index contributed by atoms with van der Waals surface area (Å²) in [5.74, 6) is 0. The Morgan fingerprint density at radius 1 is 1.40 bits per heavy atom. The molecule has 4 heteroatoms. The SMILES string of the molecule is CC([AsH]C1CCN(C(=O)O)CC1(C)C)c1ccccc1. The predicted molar refractivity (Wildman–Crippen MR) is 83.8 cm³/mol. The molecule has 1 aliphatic heterocycles. The van der Waals surface area contributed by atoms with E-state index < -0.39 is 6.09 Å². The third-order valence-electron chi connectivity index (χ3n) is 4.25. The number of carbonyl (C=O) groups is 1. The van der Waals surface area contributed by atoms with Gasteiger partial charge in [-0.1, -0.05) is 0 Å². The van der Waals surface area contributed by atoms with Gasteiger partial charge in [-0.2, -0.15) is 0 Å². The summed E-state index contributed by atoms with van der Waals surface area (Å²) in [4.78, 5) is 12.7. The van der Waals surface area contributed by atoms with Crippen molar-refractivity contribution in [1.29, 1.82) is 0 Å². The predicted octanol–water partition coefficient (Wildman–Crippen LogP) is 3.38. The van der Waals surface area contributed by atoms with Crippen molar-refractivity contribution in [3.05, 3.63) is 35.9 Å². The van der Waals surface area contributed by atoms with Gasteiger partial charge in [0.25, 0.3) is 0 Å². The van der Waals surface area contributed by atoms with Crippen LogP contribution in [0, 0.1) is 5.41 Å². The van der Waals surface area contributed by atoms with Crippen LogP contribution in [0.4, 0.5) is 4.79 Å². The fourth-order valence-corrected chi connectivity index (χ4v) is 6.80. The van der Waals surface area contributed by atoms with E-state index in [0.717, 1.165) is 6.42 Å². The first-order chi connectivity index (χ1) is 9.40. The van der Waals surface area contributed by atoms with Crippen molar-refractivity contribution in [2.24, 2.45) is 5.41 Å². The number of benzene rings is 1. The van der Waals surface area contributed by atoms with Crippen LogP contribution in [-0.2, 0) is 0 Å². The van der Waals surface area contributed by atoms with E-state index in [1.165, 1.54) is 5.56 Å². The minimum atomic E-state index is -0.771. The Hall–Kier alpha value is -0.952. The van der Waals surface area contributed by atoms with E-state index in [2.05, 4.69) is 51.1 Å². The number of rotatable bonds is 3. The molecule has 1 aliphatic rings. The second-order valence-corrected chi connectivity index (χ2v) is 10.3. The van der Waals surface area contributed by atoms with E-state index in [0.29, 0.717) is 22.5 Å². The average molecular weight is 337 g/mol. The summed E-state index contributed by atoms with van der Waals surface area (Å²) < 4.78 is 1.35. The molecular formula is C16H24AsNO2. The monoisotopic (exact) mass is 337 g/mol. The topological polar surface area (TPSA) is 40.5 Å². The van der Waals surface area contributed by atoms with E-state index in [9.17, 15) is 4.79 Å². The van der Waals surface area contributed by atoms with Gasteiger partial charge in [0.15, 0.2) is 0 Å². The molecule has 0 bridgehead atoms. The van der Waals surface area contributed by atoms with E-state index in [1.54, 1.807) is 4.90 Å². The number of hydrogen-bond donors (Lipinski definition) is 1. The second-order valence-electron chi connectivity index (χ2n) is 6.33. The van der Waals surface area contributed by atoms with Crippen LogP contribution in [0.1, 0.15) is 37.5 Å². The van der Waals surface area contributed by atoms with E-state index in [-0.39, 0.29) is 21.2 Å². The van der Waals surface area contributed by atoms with Crippen LogP contribution in [0.2, 0.25) is 4.71 Å². The summed E-state index contributed by atoms with van der Waals surface area (Å²) in [6.07, 6.45) is 0.254. The van der Waals surface area contributed by atoms with Crippen LogP contribution in [0.5, 0.6) is 0 Å². The Labute approximate surface area is 128 Å². The summed E-state index contributed by atoms with van der Waals surface area (Å²) in [7, 11) is 0. The normalized spacial score (nSPS) is 23.9. The molecule has 3 unspecified atom stereocenters. The van der Waals surface area contributed by atoms with Gasteiger partial charge in [0, 0.05) is 0 Å². The molecule has 0 saturated carbocycles. The molecule has 1 heterocycles. The molecule has 0 aliphatic carbocycles. The van der Waals surface area contributed by atoms with Crippen LogP contribution >= 0.6 is 0 Å². The number of piperidine rings is 1. The van der Waals surface area contributed by atoms with E-state index in [4.69, 9.17) is 5.11 Å². The molecule has 0 aromatic heterocycles. The Morgan fingerprint density at radius 2 is 2.05 bits per heavy atom. The van der Waals surface area contributed by atoms with E-state index >= 15 is 0 Å². The van der Waals surface area contributed by atoms with Crippen molar-refractivity contribution in [3.8, 4) is 0 Å². The molecule has 0 radical (unpaired) electrons. The zero-order valence-electron chi connectivity index (χ0n) is 12.5. The zero-order valence-corrected chi connectivity index (χ0v) is 14.6. The number of hydrogen-bond acceptors (Lipinski definition) is 1. The van der Waals surface area contributed by atoms with Crippen molar-refractivity contribution in [2.45, 2.75) is 36.6 Å². The summed E-state index contributed by atoms with van der Waals surface area (Å²) in [6, 6.07) is 10.7. The molecule has 1 saturated heterocycles. The maximum atomic E-state index is 11.1. The Balaban J connectivity index is 2.01. The van der Waals surface area contributed by atoms with Crippen LogP contribution in [-0.4, -0.2) is 44.9 Å². The third kappa shape index (κ3) is 3.57. The van der Waals surface area contributed by atoms with Gasteiger partial charge in [0.2, 0.25) is 0 Å². The Morgan fingerprint density at radius 3 is 2.60 bits per heavy atom. The summed E-state index contributed by atoms with van der Waals surface area (Å²) in [5.41, 5.74) is 1.55.